The quantitative estimate of drug-likeness (QED) is 0.508. The Kier molecular flexibility index (Phi) is 8.92. The highest BCUT2D eigenvalue weighted by Gasteiger charge is 2.40. The average molecular weight is 567 g/mol. The molecule has 0 saturated carbocycles. The first-order valence-electron chi connectivity index (χ1n) is 14.7. The van der Waals surface area contributed by atoms with Gasteiger partial charge in [-0.15, -0.1) is 0 Å². The van der Waals surface area contributed by atoms with Crippen molar-refractivity contribution in [1.29, 1.82) is 0 Å². The van der Waals surface area contributed by atoms with Crippen LogP contribution in [-0.2, 0) is 26.0 Å². The van der Waals surface area contributed by atoms with Crippen molar-refractivity contribution in [2.24, 2.45) is 0 Å². The number of amides is 2. The Morgan fingerprint density at radius 1 is 1.05 bits per heavy atom. The van der Waals surface area contributed by atoms with Gasteiger partial charge in [0.1, 0.15) is 6.04 Å². The topological polar surface area (TPSA) is 98.8 Å². The number of nitrogens with one attached hydrogen (secondary N) is 2. The van der Waals surface area contributed by atoms with Crippen LogP contribution in [0.1, 0.15) is 79.7 Å². The highest BCUT2D eigenvalue weighted by molar-refractivity contribution is 7.89. The van der Waals surface area contributed by atoms with Gasteiger partial charge in [0.2, 0.25) is 21.8 Å². The Morgan fingerprint density at radius 3 is 2.55 bits per heavy atom. The molecule has 5 rings (SSSR count). The second kappa shape index (κ2) is 12.4. The zero-order chi connectivity index (χ0) is 28.3. The summed E-state index contributed by atoms with van der Waals surface area (Å²) in [7, 11) is -3.92. The van der Waals surface area contributed by atoms with Gasteiger partial charge in [0.15, 0.2) is 0 Å². The fourth-order valence-corrected chi connectivity index (χ4v) is 7.96. The van der Waals surface area contributed by atoms with Gasteiger partial charge in [-0.05, 0) is 86.9 Å². The Labute approximate surface area is 238 Å². The monoisotopic (exact) mass is 566 g/mol. The van der Waals surface area contributed by atoms with E-state index >= 15 is 0 Å². The van der Waals surface area contributed by atoms with Gasteiger partial charge in [-0.2, -0.15) is 4.31 Å². The highest BCUT2D eigenvalue weighted by atomic mass is 32.2. The zero-order valence-corrected chi connectivity index (χ0v) is 24.5. The smallest absolute Gasteiger partial charge is 0.243 e. The molecule has 2 amide bonds. The molecular formula is C31H42N4O4S. The maximum absolute atomic E-state index is 13.4. The van der Waals surface area contributed by atoms with E-state index in [9.17, 15) is 18.0 Å². The maximum Gasteiger partial charge on any atom is 0.243 e. The van der Waals surface area contributed by atoms with Crippen LogP contribution < -0.4 is 10.6 Å². The molecule has 0 radical (unpaired) electrons. The predicted octanol–water partition coefficient (Wildman–Crippen LogP) is 3.66. The number of hydrogen-bond acceptors (Lipinski definition) is 5. The molecule has 8 nitrogen and oxygen atoms in total. The maximum atomic E-state index is 13.4. The van der Waals surface area contributed by atoms with E-state index in [1.165, 1.54) is 47.8 Å². The molecule has 0 bridgehead atoms. The Morgan fingerprint density at radius 2 is 1.80 bits per heavy atom. The number of rotatable bonds is 8. The highest BCUT2D eigenvalue weighted by Crippen LogP contribution is 2.33. The number of piperidine rings is 1. The van der Waals surface area contributed by atoms with Crippen molar-refractivity contribution in [2.75, 3.05) is 32.7 Å². The molecular weight excluding hydrogens is 524 g/mol. The van der Waals surface area contributed by atoms with Crippen molar-refractivity contribution in [3.63, 3.8) is 0 Å². The molecule has 40 heavy (non-hydrogen) atoms. The van der Waals surface area contributed by atoms with Gasteiger partial charge in [0.25, 0.3) is 0 Å². The van der Waals surface area contributed by atoms with Crippen molar-refractivity contribution in [3.8, 4) is 0 Å². The number of nitrogens with zero attached hydrogens (tertiary/aromatic N) is 2. The first-order chi connectivity index (χ1) is 19.2. The molecule has 1 aliphatic carbocycles. The second-order valence-electron chi connectivity index (χ2n) is 11.7. The van der Waals surface area contributed by atoms with Crippen LogP contribution in [0, 0.1) is 6.92 Å². The SMILES string of the molecule is Cc1ccc(S(=O)(=O)N2CCNC(=O)C2CC(=O)NC2CCCc3cc([C@H](C)CN4CCCCC4)ccc32)cc1. The van der Waals surface area contributed by atoms with Gasteiger partial charge in [0.05, 0.1) is 17.4 Å². The molecule has 3 aliphatic rings. The lowest BCUT2D eigenvalue weighted by Crippen LogP contribution is -2.58. The van der Waals surface area contributed by atoms with Crippen molar-refractivity contribution in [3.05, 3.63) is 64.7 Å². The molecule has 2 fully saturated rings. The number of carbonyl (C=O) groups is 2. The third-order valence-corrected chi connectivity index (χ3v) is 10.6. The molecule has 2 aromatic rings. The minimum absolute atomic E-state index is 0.129. The lowest BCUT2D eigenvalue weighted by molar-refractivity contribution is -0.132. The lowest BCUT2D eigenvalue weighted by atomic mass is 9.84. The third kappa shape index (κ3) is 6.42. The minimum Gasteiger partial charge on any atom is -0.353 e. The number of carbonyl (C=O) groups excluding carboxylic acids is 2. The molecule has 2 N–H and O–H groups in total. The van der Waals surface area contributed by atoms with E-state index in [0.717, 1.165) is 36.9 Å². The number of piperazine rings is 1. The average Bonchev–Trinajstić information content (AvgIpc) is 2.94. The van der Waals surface area contributed by atoms with E-state index in [1.54, 1.807) is 24.3 Å². The Balaban J connectivity index is 1.26. The fourth-order valence-electron chi connectivity index (χ4n) is 6.38. The summed E-state index contributed by atoms with van der Waals surface area (Å²) in [6, 6.07) is 12.0. The van der Waals surface area contributed by atoms with Crippen molar-refractivity contribution in [1.82, 2.24) is 19.8 Å². The molecule has 2 heterocycles. The summed E-state index contributed by atoms with van der Waals surface area (Å²) in [5, 5.41) is 5.86. The summed E-state index contributed by atoms with van der Waals surface area (Å²) < 4.78 is 28.0. The zero-order valence-electron chi connectivity index (χ0n) is 23.7. The lowest BCUT2D eigenvalue weighted by Gasteiger charge is -2.34. The normalized spacial score (nSPS) is 23.2. The molecule has 2 saturated heterocycles. The van der Waals surface area contributed by atoms with E-state index in [-0.39, 0.29) is 36.4 Å². The van der Waals surface area contributed by atoms with Crippen LogP contribution in [0.25, 0.3) is 0 Å². The summed E-state index contributed by atoms with van der Waals surface area (Å²) in [6.45, 7) is 7.98. The number of aryl methyl sites for hydroxylation is 2. The summed E-state index contributed by atoms with van der Waals surface area (Å²) in [4.78, 5) is 28.8. The van der Waals surface area contributed by atoms with Crippen molar-refractivity contribution < 1.29 is 18.0 Å². The van der Waals surface area contributed by atoms with E-state index in [0.29, 0.717) is 5.92 Å². The van der Waals surface area contributed by atoms with Crippen LogP contribution in [0.2, 0.25) is 0 Å². The summed E-state index contributed by atoms with van der Waals surface area (Å²) in [5.41, 5.74) is 4.69. The van der Waals surface area contributed by atoms with Crippen LogP contribution in [0.5, 0.6) is 0 Å². The van der Waals surface area contributed by atoms with Crippen LogP contribution in [0.15, 0.2) is 47.4 Å². The summed E-state index contributed by atoms with van der Waals surface area (Å²) >= 11 is 0. The number of sulfonamides is 1. The summed E-state index contributed by atoms with van der Waals surface area (Å²) in [6.07, 6.45) is 6.48. The summed E-state index contributed by atoms with van der Waals surface area (Å²) in [5.74, 6) is -0.301. The molecule has 9 heteroatoms. The van der Waals surface area contributed by atoms with Gasteiger partial charge < -0.3 is 15.5 Å². The standard InChI is InChI=1S/C31H42N4O4S/c1-22-9-12-26(13-10-22)40(38,39)35-18-15-32-31(37)29(35)20-30(36)33-28-8-6-7-25-19-24(11-14-27(25)28)23(2)21-34-16-4-3-5-17-34/h9-14,19,23,28-29H,3-8,15-18,20-21H2,1-2H3,(H,32,37)(H,33,36)/t23-,28?,29?/m1/s1. The van der Waals surface area contributed by atoms with Crippen molar-refractivity contribution in [2.45, 2.75) is 81.7 Å². The molecule has 216 valence electrons. The van der Waals surface area contributed by atoms with Gasteiger partial charge in [-0.25, -0.2) is 8.42 Å². The van der Waals surface area contributed by atoms with E-state index in [4.69, 9.17) is 0 Å². The Hall–Kier alpha value is -2.75. The van der Waals surface area contributed by atoms with Crippen LogP contribution in [0.4, 0.5) is 0 Å². The Bertz CT molecular complexity index is 1320. The van der Waals surface area contributed by atoms with Gasteiger partial charge >= 0.3 is 0 Å². The largest absolute Gasteiger partial charge is 0.353 e. The predicted molar refractivity (Wildman–Crippen MR) is 155 cm³/mol. The molecule has 2 aromatic carbocycles. The second-order valence-corrected chi connectivity index (χ2v) is 13.6. The van der Waals surface area contributed by atoms with E-state index in [2.05, 4.69) is 40.7 Å². The van der Waals surface area contributed by atoms with Gasteiger partial charge in [-0.1, -0.05) is 49.2 Å². The van der Waals surface area contributed by atoms with Gasteiger partial charge in [0, 0.05) is 19.6 Å². The number of fused-ring (bicyclic) bond motifs is 1. The first-order valence-corrected chi connectivity index (χ1v) is 16.2. The van der Waals surface area contributed by atoms with Crippen molar-refractivity contribution >= 4 is 21.8 Å². The van der Waals surface area contributed by atoms with Crippen LogP contribution in [-0.4, -0.2) is 68.2 Å². The van der Waals surface area contributed by atoms with Gasteiger partial charge in [-0.3, -0.25) is 9.59 Å². The number of likely N-dealkylation sites (tertiary alicyclic amines) is 1. The number of benzene rings is 2. The number of hydrogen-bond donors (Lipinski definition) is 2. The molecule has 2 aliphatic heterocycles. The molecule has 0 aromatic heterocycles. The molecule has 3 atom stereocenters. The first kappa shape index (κ1) is 28.8. The fraction of sp³-hybridized carbons (Fsp3) is 0.548. The van der Waals surface area contributed by atoms with Crippen LogP contribution in [0.3, 0.4) is 0 Å². The third-order valence-electron chi connectivity index (χ3n) is 8.65. The van der Waals surface area contributed by atoms with E-state index in [1.807, 2.05) is 6.92 Å². The van der Waals surface area contributed by atoms with E-state index < -0.39 is 22.0 Å². The molecule has 0 spiro atoms. The molecule has 2 unspecified atom stereocenters. The minimum atomic E-state index is -3.92. The van der Waals surface area contributed by atoms with Crippen LogP contribution >= 0.6 is 0 Å².